The Labute approximate surface area is 148 Å². The largest absolute Gasteiger partial charge is 0.482 e. The van der Waals surface area contributed by atoms with Crippen LogP contribution >= 0.6 is 0 Å². The van der Waals surface area contributed by atoms with Gasteiger partial charge < -0.3 is 19.9 Å². The van der Waals surface area contributed by atoms with Crippen molar-refractivity contribution < 1.29 is 24.2 Å². The average molecular weight is 349 g/mol. The Hall–Kier alpha value is -2.08. The summed E-state index contributed by atoms with van der Waals surface area (Å²) in [6.07, 6.45) is 4.74. The first-order valence-corrected chi connectivity index (χ1v) is 8.89. The van der Waals surface area contributed by atoms with Gasteiger partial charge in [-0.05, 0) is 49.4 Å². The van der Waals surface area contributed by atoms with E-state index in [1.807, 2.05) is 6.92 Å². The number of carboxylic acids is 1. The molecule has 1 saturated carbocycles. The first-order chi connectivity index (χ1) is 12.0. The highest BCUT2D eigenvalue weighted by atomic mass is 16.5. The van der Waals surface area contributed by atoms with Gasteiger partial charge in [-0.3, -0.25) is 4.79 Å². The van der Waals surface area contributed by atoms with Gasteiger partial charge in [-0.1, -0.05) is 26.7 Å². The summed E-state index contributed by atoms with van der Waals surface area (Å²) in [6.45, 7) is 3.78. The molecule has 6 nitrogen and oxygen atoms in total. The Morgan fingerprint density at radius 3 is 2.60 bits per heavy atom. The first-order valence-electron chi connectivity index (χ1n) is 8.89. The van der Waals surface area contributed by atoms with Gasteiger partial charge in [0, 0.05) is 5.69 Å². The molecular formula is C19H27NO5. The average Bonchev–Trinajstić information content (AvgIpc) is 2.59. The van der Waals surface area contributed by atoms with Crippen molar-refractivity contribution in [3.63, 3.8) is 0 Å². The van der Waals surface area contributed by atoms with Gasteiger partial charge in [0.15, 0.2) is 6.61 Å². The molecule has 0 heterocycles. The fraction of sp³-hybridized carbons (Fsp3) is 0.579. The maximum atomic E-state index is 12.5. The van der Waals surface area contributed by atoms with E-state index in [2.05, 4.69) is 12.2 Å². The number of benzene rings is 1. The standard InChI is InChI=1S/C19H27NO5/c1-3-17(25-16-6-4-5-13(2)11-16)19(23)20-14-7-9-15(10-8-14)24-12-18(21)22/h7-10,13,16-17H,3-6,11-12H2,1-2H3,(H,20,23)(H,21,22). The van der Waals surface area contributed by atoms with Crippen LogP contribution in [0.25, 0.3) is 0 Å². The number of anilines is 1. The van der Waals surface area contributed by atoms with Crippen molar-refractivity contribution in [1.29, 1.82) is 0 Å². The zero-order valence-corrected chi connectivity index (χ0v) is 14.9. The van der Waals surface area contributed by atoms with Crippen LogP contribution in [-0.4, -0.2) is 35.8 Å². The summed E-state index contributed by atoms with van der Waals surface area (Å²) in [7, 11) is 0. The molecule has 1 fully saturated rings. The van der Waals surface area contributed by atoms with Gasteiger partial charge in [0.2, 0.25) is 0 Å². The van der Waals surface area contributed by atoms with Crippen molar-refractivity contribution in [2.45, 2.75) is 58.2 Å². The molecule has 25 heavy (non-hydrogen) atoms. The molecule has 1 aliphatic carbocycles. The van der Waals surface area contributed by atoms with Gasteiger partial charge >= 0.3 is 5.97 Å². The van der Waals surface area contributed by atoms with Crippen molar-refractivity contribution in [2.24, 2.45) is 5.92 Å². The second kappa shape index (κ2) is 9.42. The molecule has 3 unspecified atom stereocenters. The van der Waals surface area contributed by atoms with Crippen LogP contribution in [0.15, 0.2) is 24.3 Å². The molecule has 0 aromatic heterocycles. The number of carbonyl (C=O) groups excluding carboxylic acids is 1. The van der Waals surface area contributed by atoms with Crippen molar-refractivity contribution in [2.75, 3.05) is 11.9 Å². The highest BCUT2D eigenvalue weighted by Gasteiger charge is 2.25. The summed E-state index contributed by atoms with van der Waals surface area (Å²) in [5, 5.41) is 11.4. The summed E-state index contributed by atoms with van der Waals surface area (Å²) in [5.74, 6) is -0.0881. The summed E-state index contributed by atoms with van der Waals surface area (Å²) in [5.41, 5.74) is 0.631. The molecule has 0 bridgehead atoms. The Morgan fingerprint density at radius 1 is 1.28 bits per heavy atom. The minimum absolute atomic E-state index is 0.153. The van der Waals surface area contributed by atoms with Crippen LogP contribution in [0.2, 0.25) is 0 Å². The third kappa shape index (κ3) is 6.38. The van der Waals surface area contributed by atoms with Crippen LogP contribution in [0.5, 0.6) is 5.75 Å². The normalized spacial score (nSPS) is 21.4. The lowest BCUT2D eigenvalue weighted by Gasteiger charge is -2.29. The minimum Gasteiger partial charge on any atom is -0.482 e. The first kappa shape index (κ1) is 19.2. The maximum Gasteiger partial charge on any atom is 0.341 e. The minimum atomic E-state index is -1.03. The summed E-state index contributed by atoms with van der Waals surface area (Å²) in [6, 6.07) is 6.63. The quantitative estimate of drug-likeness (QED) is 0.751. The molecule has 138 valence electrons. The van der Waals surface area contributed by atoms with Crippen LogP contribution in [0, 0.1) is 5.92 Å². The fourth-order valence-corrected chi connectivity index (χ4v) is 3.08. The second-order valence-corrected chi connectivity index (χ2v) is 6.62. The number of rotatable bonds is 8. The predicted molar refractivity (Wildman–Crippen MR) is 94.8 cm³/mol. The van der Waals surface area contributed by atoms with E-state index in [1.165, 1.54) is 6.42 Å². The molecule has 1 aromatic rings. The van der Waals surface area contributed by atoms with E-state index in [-0.39, 0.29) is 12.0 Å². The van der Waals surface area contributed by atoms with E-state index in [0.29, 0.717) is 23.8 Å². The van der Waals surface area contributed by atoms with E-state index in [1.54, 1.807) is 24.3 Å². The molecule has 0 aliphatic heterocycles. The third-order valence-corrected chi connectivity index (χ3v) is 4.39. The van der Waals surface area contributed by atoms with Gasteiger partial charge in [0.05, 0.1) is 6.10 Å². The van der Waals surface area contributed by atoms with Crippen LogP contribution in [0.1, 0.15) is 46.0 Å². The molecule has 0 spiro atoms. The Kier molecular flexibility index (Phi) is 7.25. The molecule has 0 saturated heterocycles. The third-order valence-electron chi connectivity index (χ3n) is 4.39. The van der Waals surface area contributed by atoms with Crippen molar-refractivity contribution in [3.8, 4) is 5.75 Å². The predicted octanol–water partition coefficient (Wildman–Crippen LogP) is 3.46. The zero-order chi connectivity index (χ0) is 18.2. The number of carboxylic acid groups (broad SMARTS) is 1. The van der Waals surface area contributed by atoms with Crippen LogP contribution in [-0.2, 0) is 14.3 Å². The lowest BCUT2D eigenvalue weighted by atomic mass is 9.88. The molecule has 0 radical (unpaired) electrons. The van der Waals surface area contributed by atoms with E-state index < -0.39 is 18.7 Å². The maximum absolute atomic E-state index is 12.5. The van der Waals surface area contributed by atoms with Gasteiger partial charge in [-0.15, -0.1) is 0 Å². The van der Waals surface area contributed by atoms with E-state index in [0.717, 1.165) is 19.3 Å². The van der Waals surface area contributed by atoms with E-state index in [9.17, 15) is 9.59 Å². The number of hydrogen-bond acceptors (Lipinski definition) is 4. The van der Waals surface area contributed by atoms with Crippen LogP contribution < -0.4 is 10.1 Å². The van der Waals surface area contributed by atoms with Crippen LogP contribution in [0.4, 0.5) is 5.69 Å². The Morgan fingerprint density at radius 2 is 2.00 bits per heavy atom. The van der Waals surface area contributed by atoms with Crippen LogP contribution in [0.3, 0.4) is 0 Å². The molecule has 2 rings (SSSR count). The topological polar surface area (TPSA) is 84.9 Å². The van der Waals surface area contributed by atoms with Gasteiger partial charge in [0.1, 0.15) is 11.9 Å². The molecule has 1 aromatic carbocycles. The van der Waals surface area contributed by atoms with E-state index in [4.69, 9.17) is 14.6 Å². The molecular weight excluding hydrogens is 322 g/mol. The Balaban J connectivity index is 1.86. The van der Waals surface area contributed by atoms with E-state index >= 15 is 0 Å². The number of hydrogen-bond donors (Lipinski definition) is 2. The summed E-state index contributed by atoms with van der Waals surface area (Å²) in [4.78, 5) is 22.9. The molecule has 1 amide bonds. The lowest BCUT2D eigenvalue weighted by molar-refractivity contribution is -0.139. The number of aliphatic carboxylic acids is 1. The highest BCUT2D eigenvalue weighted by molar-refractivity contribution is 5.94. The van der Waals surface area contributed by atoms with Crippen molar-refractivity contribution in [3.05, 3.63) is 24.3 Å². The zero-order valence-electron chi connectivity index (χ0n) is 14.9. The molecule has 2 N–H and O–H groups in total. The highest BCUT2D eigenvalue weighted by Crippen LogP contribution is 2.27. The Bertz CT molecular complexity index is 572. The monoisotopic (exact) mass is 349 g/mol. The molecule has 3 atom stereocenters. The summed E-state index contributed by atoms with van der Waals surface area (Å²) < 4.78 is 11.1. The number of carbonyl (C=O) groups is 2. The van der Waals surface area contributed by atoms with Gasteiger partial charge in [-0.25, -0.2) is 4.79 Å². The number of ether oxygens (including phenoxy) is 2. The van der Waals surface area contributed by atoms with Crippen molar-refractivity contribution in [1.82, 2.24) is 0 Å². The fourth-order valence-electron chi connectivity index (χ4n) is 3.08. The molecule has 1 aliphatic rings. The summed E-state index contributed by atoms with van der Waals surface area (Å²) >= 11 is 0. The van der Waals surface area contributed by atoms with Crippen molar-refractivity contribution >= 4 is 17.6 Å². The number of nitrogens with one attached hydrogen (secondary N) is 1. The van der Waals surface area contributed by atoms with Gasteiger partial charge in [0.25, 0.3) is 5.91 Å². The van der Waals surface area contributed by atoms with Gasteiger partial charge in [-0.2, -0.15) is 0 Å². The smallest absolute Gasteiger partial charge is 0.341 e. The number of amides is 1. The second-order valence-electron chi connectivity index (χ2n) is 6.62. The molecule has 6 heteroatoms. The lowest BCUT2D eigenvalue weighted by Crippen LogP contribution is -2.35. The SMILES string of the molecule is CCC(OC1CCCC(C)C1)C(=O)Nc1ccc(OCC(=O)O)cc1.